The van der Waals surface area contributed by atoms with Gasteiger partial charge < -0.3 is 16.4 Å². The van der Waals surface area contributed by atoms with Gasteiger partial charge in [-0.1, -0.05) is 6.42 Å². The molecule has 126 valence electrons. The predicted octanol–water partition coefficient (Wildman–Crippen LogP) is 1.20. The van der Waals surface area contributed by atoms with Gasteiger partial charge in [-0.05, 0) is 56.3 Å². The van der Waals surface area contributed by atoms with Crippen molar-refractivity contribution in [2.75, 3.05) is 13.1 Å². The van der Waals surface area contributed by atoms with Crippen molar-refractivity contribution in [3.05, 3.63) is 0 Å². The molecule has 2 unspecified atom stereocenters. The Morgan fingerprint density at radius 2 is 1.64 bits per heavy atom. The molecule has 2 bridgehead atoms. The van der Waals surface area contributed by atoms with Crippen molar-refractivity contribution < 1.29 is 9.59 Å². The first-order valence-electron chi connectivity index (χ1n) is 8.43. The third-order valence-corrected chi connectivity index (χ3v) is 5.49. The molecule has 6 heteroatoms. The molecule has 0 spiro atoms. The van der Waals surface area contributed by atoms with E-state index in [0.29, 0.717) is 17.8 Å². The van der Waals surface area contributed by atoms with Gasteiger partial charge in [0.1, 0.15) is 0 Å². The maximum absolute atomic E-state index is 12.3. The fraction of sp³-hybridized carbons (Fsp3) is 0.875. The molecule has 3 saturated carbocycles. The van der Waals surface area contributed by atoms with E-state index in [1.807, 2.05) is 0 Å². The van der Waals surface area contributed by atoms with Gasteiger partial charge in [-0.15, -0.1) is 12.4 Å². The van der Waals surface area contributed by atoms with Crippen molar-refractivity contribution in [3.63, 3.8) is 0 Å². The summed E-state index contributed by atoms with van der Waals surface area (Å²) in [5.74, 6) is 1.69. The summed E-state index contributed by atoms with van der Waals surface area (Å²) in [6.07, 6.45) is 7.80. The zero-order valence-corrected chi connectivity index (χ0v) is 13.9. The highest BCUT2D eigenvalue weighted by Gasteiger charge is 2.40. The van der Waals surface area contributed by atoms with Crippen molar-refractivity contribution in [1.29, 1.82) is 0 Å². The SMILES string of the molecule is Cl.NC1C2CCCC1CC(C(=O)NCC(=O)NCC1CC1)C2. The van der Waals surface area contributed by atoms with Crippen LogP contribution in [0.5, 0.6) is 0 Å². The Bertz CT molecular complexity index is 400. The highest BCUT2D eigenvalue weighted by Crippen LogP contribution is 2.41. The van der Waals surface area contributed by atoms with Crippen molar-refractivity contribution in [2.24, 2.45) is 29.4 Å². The lowest BCUT2D eigenvalue weighted by atomic mass is 9.65. The molecule has 22 heavy (non-hydrogen) atoms. The molecule has 0 aromatic heterocycles. The van der Waals surface area contributed by atoms with Crippen LogP contribution < -0.4 is 16.4 Å². The maximum Gasteiger partial charge on any atom is 0.239 e. The van der Waals surface area contributed by atoms with Crippen LogP contribution in [0.3, 0.4) is 0 Å². The van der Waals surface area contributed by atoms with E-state index >= 15 is 0 Å². The van der Waals surface area contributed by atoms with Crippen LogP contribution >= 0.6 is 12.4 Å². The van der Waals surface area contributed by atoms with Crippen LogP contribution in [-0.4, -0.2) is 30.9 Å². The first-order valence-corrected chi connectivity index (χ1v) is 8.43. The Kier molecular flexibility index (Phi) is 6.09. The normalized spacial score (nSPS) is 33.5. The molecule has 0 heterocycles. The summed E-state index contributed by atoms with van der Waals surface area (Å²) in [4.78, 5) is 23.9. The van der Waals surface area contributed by atoms with Crippen LogP contribution in [-0.2, 0) is 9.59 Å². The molecule has 0 radical (unpaired) electrons. The Hall–Kier alpha value is -0.810. The number of carbonyl (C=O) groups is 2. The van der Waals surface area contributed by atoms with Crippen LogP contribution in [0.2, 0.25) is 0 Å². The lowest BCUT2D eigenvalue weighted by Gasteiger charge is -2.43. The Balaban J connectivity index is 0.00000176. The lowest BCUT2D eigenvalue weighted by Crippen LogP contribution is -2.50. The molecule has 0 saturated heterocycles. The molecule has 0 aromatic carbocycles. The summed E-state index contributed by atoms with van der Waals surface area (Å²) >= 11 is 0. The summed E-state index contributed by atoms with van der Waals surface area (Å²) in [6.45, 7) is 0.876. The maximum atomic E-state index is 12.3. The van der Waals surface area contributed by atoms with E-state index in [0.717, 1.165) is 32.2 Å². The molecule has 2 atom stereocenters. The van der Waals surface area contributed by atoms with E-state index in [-0.39, 0.29) is 42.7 Å². The summed E-state index contributed by atoms with van der Waals surface area (Å²) in [7, 11) is 0. The number of fused-ring (bicyclic) bond motifs is 2. The third kappa shape index (κ3) is 4.35. The first-order chi connectivity index (χ1) is 10.1. The summed E-state index contributed by atoms with van der Waals surface area (Å²) in [6, 6.07) is 0.282. The minimum absolute atomic E-state index is 0. The summed E-state index contributed by atoms with van der Waals surface area (Å²) in [5.41, 5.74) is 6.25. The monoisotopic (exact) mass is 329 g/mol. The van der Waals surface area contributed by atoms with E-state index in [1.54, 1.807) is 0 Å². The van der Waals surface area contributed by atoms with E-state index < -0.39 is 0 Å². The molecule has 3 aliphatic carbocycles. The minimum Gasteiger partial charge on any atom is -0.354 e. The molecular weight excluding hydrogens is 302 g/mol. The van der Waals surface area contributed by atoms with Crippen LogP contribution in [0, 0.1) is 23.7 Å². The molecule has 5 nitrogen and oxygen atoms in total. The number of carbonyl (C=O) groups excluding carboxylic acids is 2. The molecular formula is C16H28ClN3O2. The Labute approximate surface area is 138 Å². The number of amides is 2. The van der Waals surface area contributed by atoms with E-state index in [2.05, 4.69) is 10.6 Å². The number of nitrogens with one attached hydrogen (secondary N) is 2. The topological polar surface area (TPSA) is 84.2 Å². The third-order valence-electron chi connectivity index (χ3n) is 5.49. The molecule has 4 N–H and O–H groups in total. The summed E-state index contributed by atoms with van der Waals surface area (Å²) in [5, 5.41) is 5.68. The average molecular weight is 330 g/mol. The van der Waals surface area contributed by atoms with Crippen LogP contribution in [0.25, 0.3) is 0 Å². The Morgan fingerprint density at radius 3 is 2.23 bits per heavy atom. The zero-order chi connectivity index (χ0) is 14.8. The van der Waals surface area contributed by atoms with Gasteiger partial charge in [-0.2, -0.15) is 0 Å². The second kappa shape index (κ2) is 7.64. The van der Waals surface area contributed by atoms with Gasteiger partial charge in [-0.3, -0.25) is 9.59 Å². The van der Waals surface area contributed by atoms with Gasteiger partial charge in [0.2, 0.25) is 11.8 Å². The van der Waals surface area contributed by atoms with Crippen LogP contribution in [0.1, 0.15) is 44.9 Å². The van der Waals surface area contributed by atoms with Gasteiger partial charge in [-0.25, -0.2) is 0 Å². The molecule has 3 fully saturated rings. The molecule has 0 aromatic rings. The van der Waals surface area contributed by atoms with Gasteiger partial charge in [0, 0.05) is 18.5 Å². The van der Waals surface area contributed by atoms with Crippen LogP contribution in [0.15, 0.2) is 0 Å². The first kappa shape index (κ1) is 17.5. The molecule has 0 aliphatic heterocycles. The summed E-state index contributed by atoms with van der Waals surface area (Å²) < 4.78 is 0. The van der Waals surface area contributed by atoms with Crippen molar-refractivity contribution in [1.82, 2.24) is 10.6 Å². The number of rotatable bonds is 5. The molecule has 2 amide bonds. The van der Waals surface area contributed by atoms with E-state index in [1.165, 1.54) is 19.3 Å². The number of nitrogens with two attached hydrogens (primary N) is 1. The van der Waals surface area contributed by atoms with Crippen molar-refractivity contribution in [2.45, 2.75) is 51.0 Å². The lowest BCUT2D eigenvalue weighted by molar-refractivity contribution is -0.130. The minimum atomic E-state index is -0.0667. The predicted molar refractivity (Wildman–Crippen MR) is 87.5 cm³/mol. The fourth-order valence-electron chi connectivity index (χ4n) is 3.96. The quantitative estimate of drug-likeness (QED) is 0.708. The number of hydrogen-bond donors (Lipinski definition) is 3. The fourth-order valence-corrected chi connectivity index (χ4v) is 3.96. The van der Waals surface area contributed by atoms with Crippen LogP contribution in [0.4, 0.5) is 0 Å². The van der Waals surface area contributed by atoms with E-state index in [4.69, 9.17) is 5.73 Å². The second-order valence-electron chi connectivity index (χ2n) is 7.16. The largest absolute Gasteiger partial charge is 0.354 e. The number of hydrogen-bond acceptors (Lipinski definition) is 3. The van der Waals surface area contributed by atoms with Crippen molar-refractivity contribution >= 4 is 24.2 Å². The van der Waals surface area contributed by atoms with Crippen molar-refractivity contribution in [3.8, 4) is 0 Å². The smallest absolute Gasteiger partial charge is 0.239 e. The Morgan fingerprint density at radius 1 is 1.00 bits per heavy atom. The molecule has 3 rings (SSSR count). The zero-order valence-electron chi connectivity index (χ0n) is 13.1. The van der Waals surface area contributed by atoms with Gasteiger partial charge in [0.15, 0.2) is 0 Å². The van der Waals surface area contributed by atoms with Gasteiger partial charge in [0.05, 0.1) is 6.54 Å². The van der Waals surface area contributed by atoms with E-state index in [9.17, 15) is 9.59 Å². The van der Waals surface area contributed by atoms with Gasteiger partial charge >= 0.3 is 0 Å². The molecule has 3 aliphatic rings. The number of halogens is 1. The standard InChI is InChI=1S/C16H27N3O2.ClH/c17-15-11-2-1-3-12(15)7-13(6-11)16(21)19-9-14(20)18-8-10-4-5-10;/h10-13,15H,1-9,17H2,(H,18,20)(H,19,21);1H. The second-order valence-corrected chi connectivity index (χ2v) is 7.16. The average Bonchev–Trinajstić information content (AvgIpc) is 3.26. The van der Waals surface area contributed by atoms with Gasteiger partial charge in [0.25, 0.3) is 0 Å². The highest BCUT2D eigenvalue weighted by atomic mass is 35.5. The highest BCUT2D eigenvalue weighted by molar-refractivity contribution is 5.86.